The van der Waals surface area contributed by atoms with E-state index in [-0.39, 0.29) is 18.4 Å². The molecule has 7 heteroatoms. The van der Waals surface area contributed by atoms with Crippen molar-refractivity contribution in [3.05, 3.63) is 94.9 Å². The molecule has 2 heterocycles. The van der Waals surface area contributed by atoms with E-state index in [1.165, 1.54) is 16.9 Å². The van der Waals surface area contributed by atoms with E-state index in [2.05, 4.69) is 34.6 Å². The molecule has 0 bridgehead atoms. The van der Waals surface area contributed by atoms with E-state index in [0.717, 1.165) is 28.1 Å². The van der Waals surface area contributed by atoms with Gasteiger partial charge in [0, 0.05) is 17.4 Å². The summed E-state index contributed by atoms with van der Waals surface area (Å²) >= 11 is 1.38. The van der Waals surface area contributed by atoms with Crippen LogP contribution in [0.4, 0.5) is 10.8 Å². The van der Waals surface area contributed by atoms with Crippen LogP contribution >= 0.6 is 11.3 Å². The number of ether oxygens (including phenoxy) is 1. The van der Waals surface area contributed by atoms with Crippen LogP contribution in [0, 0.1) is 6.92 Å². The molecule has 2 amide bonds. The summed E-state index contributed by atoms with van der Waals surface area (Å²) in [6.45, 7) is 2.54. The van der Waals surface area contributed by atoms with Crippen LogP contribution in [0.1, 0.15) is 23.1 Å². The van der Waals surface area contributed by atoms with Crippen molar-refractivity contribution in [2.24, 2.45) is 0 Å². The second-order valence-electron chi connectivity index (χ2n) is 8.51. The van der Waals surface area contributed by atoms with Gasteiger partial charge in [0.15, 0.2) is 11.7 Å². The molecular formula is C28H25N3O3S. The number of carbonyl (C=O) groups excluding carboxylic acids is 2. The van der Waals surface area contributed by atoms with Gasteiger partial charge in [-0.15, -0.1) is 11.3 Å². The first-order valence-electron chi connectivity index (χ1n) is 11.5. The lowest BCUT2D eigenvalue weighted by atomic mass is 10.1. The lowest BCUT2D eigenvalue weighted by Crippen LogP contribution is -2.38. The molecule has 1 N–H and O–H groups in total. The summed E-state index contributed by atoms with van der Waals surface area (Å²) in [5, 5.41) is 5.37. The minimum absolute atomic E-state index is 0.0225. The highest BCUT2D eigenvalue weighted by atomic mass is 32.1. The van der Waals surface area contributed by atoms with Gasteiger partial charge in [0.05, 0.1) is 17.9 Å². The van der Waals surface area contributed by atoms with Crippen molar-refractivity contribution in [2.75, 3.05) is 16.8 Å². The van der Waals surface area contributed by atoms with Crippen molar-refractivity contribution in [3.63, 3.8) is 0 Å². The highest BCUT2D eigenvalue weighted by Crippen LogP contribution is 2.37. The van der Waals surface area contributed by atoms with Crippen LogP contribution in [-0.4, -0.2) is 23.4 Å². The molecule has 0 atom stereocenters. The zero-order valence-corrected chi connectivity index (χ0v) is 20.2. The molecule has 0 spiro atoms. The number of amides is 2. The maximum absolute atomic E-state index is 12.7. The van der Waals surface area contributed by atoms with Gasteiger partial charge in [-0.25, -0.2) is 4.98 Å². The Kier molecular flexibility index (Phi) is 6.59. The van der Waals surface area contributed by atoms with Gasteiger partial charge in [-0.1, -0.05) is 60.2 Å². The fourth-order valence-corrected chi connectivity index (χ4v) is 4.69. The molecule has 1 aromatic heterocycles. The van der Waals surface area contributed by atoms with E-state index < -0.39 is 0 Å². The molecule has 4 aromatic rings. The van der Waals surface area contributed by atoms with Crippen molar-refractivity contribution in [1.82, 2.24) is 4.98 Å². The van der Waals surface area contributed by atoms with Crippen LogP contribution in [0.25, 0.3) is 11.3 Å². The van der Waals surface area contributed by atoms with Crippen molar-refractivity contribution in [1.29, 1.82) is 0 Å². The molecule has 35 heavy (non-hydrogen) atoms. The second kappa shape index (κ2) is 10.1. The smallest absolute Gasteiger partial charge is 0.265 e. The Morgan fingerprint density at radius 1 is 1.06 bits per heavy atom. The molecule has 5 rings (SSSR count). The number of carbonyl (C=O) groups is 2. The monoisotopic (exact) mass is 483 g/mol. The molecule has 6 nitrogen and oxygen atoms in total. The van der Waals surface area contributed by atoms with Crippen LogP contribution < -0.4 is 15.0 Å². The maximum Gasteiger partial charge on any atom is 0.265 e. The van der Waals surface area contributed by atoms with Crippen LogP contribution in [0.2, 0.25) is 0 Å². The molecule has 1 aliphatic rings. The number of hydrogen-bond donors (Lipinski definition) is 1. The molecular weight excluding hydrogens is 458 g/mol. The zero-order valence-electron chi connectivity index (χ0n) is 19.4. The number of hydrogen-bond acceptors (Lipinski definition) is 5. The molecule has 0 unspecified atom stereocenters. The molecule has 1 aliphatic heterocycles. The Hall–Kier alpha value is -3.97. The fraction of sp³-hybridized carbons (Fsp3) is 0.179. The van der Waals surface area contributed by atoms with Crippen molar-refractivity contribution < 1.29 is 14.3 Å². The largest absolute Gasteiger partial charge is 0.482 e. The predicted octanol–water partition coefficient (Wildman–Crippen LogP) is 5.62. The molecule has 0 saturated heterocycles. The van der Waals surface area contributed by atoms with E-state index in [9.17, 15) is 9.59 Å². The predicted molar refractivity (Wildman–Crippen MR) is 139 cm³/mol. The summed E-state index contributed by atoms with van der Waals surface area (Å²) in [4.78, 5) is 31.4. The van der Waals surface area contributed by atoms with E-state index in [1.807, 2.05) is 60.8 Å². The summed E-state index contributed by atoms with van der Waals surface area (Å²) in [7, 11) is 0. The fourth-order valence-electron chi connectivity index (χ4n) is 3.96. The minimum atomic E-state index is -0.0849. The Bertz CT molecular complexity index is 1350. The van der Waals surface area contributed by atoms with Crippen LogP contribution in [0.15, 0.2) is 78.2 Å². The van der Waals surface area contributed by atoms with Crippen LogP contribution in [0.5, 0.6) is 5.75 Å². The summed E-state index contributed by atoms with van der Waals surface area (Å²) in [6.07, 6.45) is 1.07. The van der Waals surface area contributed by atoms with Crippen molar-refractivity contribution in [3.8, 4) is 17.0 Å². The third-order valence-corrected chi connectivity index (χ3v) is 6.65. The first-order valence-corrected chi connectivity index (χ1v) is 12.4. The number of aryl methyl sites for hydroxylation is 2. The van der Waals surface area contributed by atoms with Gasteiger partial charge < -0.3 is 15.0 Å². The highest BCUT2D eigenvalue weighted by molar-refractivity contribution is 7.14. The summed E-state index contributed by atoms with van der Waals surface area (Å²) < 4.78 is 5.66. The normalized spacial score (nSPS) is 12.7. The average molecular weight is 484 g/mol. The lowest BCUT2D eigenvalue weighted by Gasteiger charge is -2.29. The van der Waals surface area contributed by atoms with Gasteiger partial charge >= 0.3 is 0 Å². The van der Waals surface area contributed by atoms with Gasteiger partial charge in [0.2, 0.25) is 5.91 Å². The average Bonchev–Trinajstić information content (AvgIpc) is 3.34. The maximum atomic E-state index is 12.7. The van der Waals surface area contributed by atoms with Crippen LogP contribution in [0.3, 0.4) is 0 Å². The molecule has 0 aliphatic carbocycles. The molecule has 3 aromatic carbocycles. The van der Waals surface area contributed by atoms with Crippen molar-refractivity contribution in [2.45, 2.75) is 26.3 Å². The quantitative estimate of drug-likeness (QED) is 0.371. The number of fused-ring (bicyclic) bond motifs is 1. The number of aromatic nitrogens is 1. The Morgan fingerprint density at radius 2 is 1.86 bits per heavy atom. The van der Waals surface area contributed by atoms with Gasteiger partial charge in [-0.2, -0.15) is 0 Å². The standard InChI is InChI=1S/C28H25N3O3S/c1-19-7-9-20(10-8-19)11-14-26(32)30-28-29-23(18-35-28)22-12-13-25-24(15-22)31(27(33)17-34-25)16-21-5-3-2-4-6-21/h2-10,12-13,15,18H,11,14,16-17H2,1H3,(H,29,30,32). The number of nitrogens with zero attached hydrogens (tertiary/aromatic N) is 2. The summed E-state index contributed by atoms with van der Waals surface area (Å²) in [5.41, 5.74) is 5.70. The van der Waals surface area contributed by atoms with Crippen molar-refractivity contribution >= 4 is 34.0 Å². The first-order chi connectivity index (χ1) is 17.0. The lowest BCUT2D eigenvalue weighted by molar-refractivity contribution is -0.121. The van der Waals surface area contributed by atoms with Gasteiger partial charge in [0.25, 0.3) is 5.91 Å². The third-order valence-electron chi connectivity index (χ3n) is 5.89. The molecule has 0 saturated carbocycles. The Labute approximate surface area is 208 Å². The van der Waals surface area contributed by atoms with Gasteiger partial charge in [0.1, 0.15) is 5.75 Å². The topological polar surface area (TPSA) is 71.5 Å². The molecule has 0 radical (unpaired) electrons. The second-order valence-corrected chi connectivity index (χ2v) is 9.37. The number of benzene rings is 3. The van der Waals surface area contributed by atoms with E-state index in [0.29, 0.717) is 30.3 Å². The highest BCUT2D eigenvalue weighted by Gasteiger charge is 2.26. The van der Waals surface area contributed by atoms with E-state index in [1.54, 1.807) is 4.90 Å². The van der Waals surface area contributed by atoms with E-state index in [4.69, 9.17) is 4.74 Å². The zero-order chi connectivity index (χ0) is 24.2. The molecule has 176 valence electrons. The molecule has 0 fully saturated rings. The number of thiazole rings is 1. The Morgan fingerprint density at radius 3 is 2.66 bits per heavy atom. The van der Waals surface area contributed by atoms with E-state index >= 15 is 0 Å². The third kappa shape index (κ3) is 5.41. The summed E-state index contributed by atoms with van der Waals surface area (Å²) in [5.74, 6) is 0.521. The number of rotatable bonds is 7. The number of anilines is 2. The Balaban J connectivity index is 1.29. The first kappa shape index (κ1) is 22.8. The number of nitrogens with one attached hydrogen (secondary N) is 1. The van der Waals surface area contributed by atoms with Crippen LogP contribution in [-0.2, 0) is 22.6 Å². The van der Waals surface area contributed by atoms with Gasteiger partial charge in [-0.05, 0) is 42.7 Å². The van der Waals surface area contributed by atoms with Gasteiger partial charge in [-0.3, -0.25) is 9.59 Å². The summed E-state index contributed by atoms with van der Waals surface area (Å²) in [6, 6.07) is 23.8. The SMILES string of the molecule is Cc1ccc(CCC(=O)Nc2nc(-c3ccc4c(c3)N(Cc3ccccc3)C(=O)CO4)cs2)cc1. The minimum Gasteiger partial charge on any atom is -0.482 e.